The molecule has 0 atom stereocenters. The molecule has 0 aromatic carbocycles. The van der Waals surface area contributed by atoms with Gasteiger partial charge < -0.3 is 10.2 Å². The number of hydrogen-bond donors (Lipinski definition) is 2. The van der Waals surface area contributed by atoms with E-state index >= 15 is 0 Å². The zero-order valence-electron chi connectivity index (χ0n) is 10.8. The van der Waals surface area contributed by atoms with E-state index in [1.54, 1.807) is 6.92 Å². The standard InChI is InChI=1S/C11H18N4O2S/c1-4-17-8(16)5-18-11-9(7(2)3)10(15-12)13-6-14-11/h6-7H,4-5,12H2,1-3H3,(H,13,14,15). The van der Waals surface area contributed by atoms with Crippen molar-refractivity contribution in [2.75, 3.05) is 17.8 Å². The Hall–Kier alpha value is -1.34. The summed E-state index contributed by atoms with van der Waals surface area (Å²) < 4.78 is 4.88. The van der Waals surface area contributed by atoms with Gasteiger partial charge in [0.05, 0.1) is 12.4 Å². The summed E-state index contributed by atoms with van der Waals surface area (Å²) in [5.74, 6) is 6.20. The number of carbonyl (C=O) groups excluding carboxylic acids is 1. The van der Waals surface area contributed by atoms with Crippen molar-refractivity contribution in [1.29, 1.82) is 0 Å². The van der Waals surface area contributed by atoms with Crippen LogP contribution in [0.3, 0.4) is 0 Å². The highest BCUT2D eigenvalue weighted by atomic mass is 32.2. The Morgan fingerprint density at radius 2 is 2.28 bits per heavy atom. The highest BCUT2D eigenvalue weighted by molar-refractivity contribution is 7.99. The molecule has 0 bridgehead atoms. The summed E-state index contributed by atoms with van der Waals surface area (Å²) in [6.07, 6.45) is 1.43. The van der Waals surface area contributed by atoms with Gasteiger partial charge >= 0.3 is 5.97 Å². The molecule has 0 amide bonds. The molecule has 3 N–H and O–H groups in total. The van der Waals surface area contributed by atoms with Gasteiger partial charge in [0.1, 0.15) is 17.2 Å². The Bertz CT molecular complexity index is 412. The van der Waals surface area contributed by atoms with Gasteiger partial charge in [-0.3, -0.25) is 4.79 Å². The molecule has 1 aromatic rings. The van der Waals surface area contributed by atoms with Crippen LogP contribution in [-0.4, -0.2) is 28.3 Å². The van der Waals surface area contributed by atoms with E-state index in [0.717, 1.165) is 10.6 Å². The van der Waals surface area contributed by atoms with Gasteiger partial charge in [-0.1, -0.05) is 25.6 Å². The first kappa shape index (κ1) is 14.7. The molecular formula is C11H18N4O2S. The smallest absolute Gasteiger partial charge is 0.316 e. The third-order valence-corrected chi connectivity index (χ3v) is 3.17. The second-order valence-electron chi connectivity index (χ2n) is 3.83. The van der Waals surface area contributed by atoms with Crippen LogP contribution in [0.4, 0.5) is 5.82 Å². The van der Waals surface area contributed by atoms with E-state index in [0.29, 0.717) is 12.4 Å². The normalized spacial score (nSPS) is 10.5. The number of ether oxygens (including phenoxy) is 1. The number of rotatable bonds is 6. The number of hydrazine groups is 1. The molecule has 1 rings (SSSR count). The zero-order chi connectivity index (χ0) is 13.5. The Balaban J connectivity index is 2.84. The van der Waals surface area contributed by atoms with Gasteiger partial charge in [-0.25, -0.2) is 15.8 Å². The quantitative estimate of drug-likeness (QED) is 0.266. The minimum Gasteiger partial charge on any atom is -0.465 e. The number of nitrogens with zero attached hydrogens (tertiary/aromatic N) is 2. The largest absolute Gasteiger partial charge is 0.465 e. The van der Waals surface area contributed by atoms with Crippen molar-refractivity contribution in [3.8, 4) is 0 Å². The highest BCUT2D eigenvalue weighted by Crippen LogP contribution is 2.30. The fourth-order valence-electron chi connectivity index (χ4n) is 1.46. The van der Waals surface area contributed by atoms with Gasteiger partial charge in [-0.15, -0.1) is 0 Å². The molecule has 0 aliphatic rings. The number of aromatic nitrogens is 2. The highest BCUT2D eigenvalue weighted by Gasteiger charge is 2.16. The maximum atomic E-state index is 11.3. The van der Waals surface area contributed by atoms with Crippen molar-refractivity contribution in [3.63, 3.8) is 0 Å². The number of thioether (sulfide) groups is 1. The van der Waals surface area contributed by atoms with Gasteiger partial charge in [0.25, 0.3) is 0 Å². The zero-order valence-corrected chi connectivity index (χ0v) is 11.6. The molecule has 0 aliphatic carbocycles. The van der Waals surface area contributed by atoms with Gasteiger partial charge in [-0.05, 0) is 12.8 Å². The molecule has 0 radical (unpaired) electrons. The number of nitrogens with one attached hydrogen (secondary N) is 1. The molecule has 100 valence electrons. The molecule has 0 fully saturated rings. The van der Waals surface area contributed by atoms with E-state index in [-0.39, 0.29) is 17.6 Å². The lowest BCUT2D eigenvalue weighted by Crippen LogP contribution is -2.14. The number of hydrogen-bond acceptors (Lipinski definition) is 7. The number of nitrogens with two attached hydrogens (primary N) is 1. The van der Waals surface area contributed by atoms with Crippen LogP contribution in [0, 0.1) is 0 Å². The summed E-state index contributed by atoms with van der Waals surface area (Å²) in [7, 11) is 0. The SMILES string of the molecule is CCOC(=O)CSc1ncnc(NN)c1C(C)C. The molecule has 0 spiro atoms. The minimum atomic E-state index is -0.252. The van der Waals surface area contributed by atoms with Gasteiger partial charge in [0.2, 0.25) is 0 Å². The Morgan fingerprint density at radius 1 is 1.56 bits per heavy atom. The molecule has 18 heavy (non-hydrogen) atoms. The summed E-state index contributed by atoms with van der Waals surface area (Å²) in [5.41, 5.74) is 3.46. The third kappa shape index (κ3) is 3.85. The second-order valence-corrected chi connectivity index (χ2v) is 4.80. The molecule has 0 saturated carbocycles. The van der Waals surface area contributed by atoms with E-state index < -0.39 is 0 Å². The number of carbonyl (C=O) groups is 1. The van der Waals surface area contributed by atoms with E-state index in [2.05, 4.69) is 15.4 Å². The predicted octanol–water partition coefficient (Wildman–Crippen LogP) is 1.54. The minimum absolute atomic E-state index is 0.210. The van der Waals surface area contributed by atoms with Crippen LogP contribution in [-0.2, 0) is 9.53 Å². The number of esters is 1. The summed E-state index contributed by atoms with van der Waals surface area (Å²) >= 11 is 1.33. The fraction of sp³-hybridized carbons (Fsp3) is 0.545. The van der Waals surface area contributed by atoms with Crippen molar-refractivity contribution < 1.29 is 9.53 Å². The Labute approximate surface area is 111 Å². The third-order valence-electron chi connectivity index (χ3n) is 2.19. The van der Waals surface area contributed by atoms with Gasteiger partial charge in [-0.2, -0.15) is 0 Å². The Kier molecular flexibility index (Phi) is 5.87. The van der Waals surface area contributed by atoms with E-state index in [4.69, 9.17) is 10.6 Å². The molecule has 7 heteroatoms. The van der Waals surface area contributed by atoms with Crippen molar-refractivity contribution in [2.45, 2.75) is 31.7 Å². The first-order valence-electron chi connectivity index (χ1n) is 5.70. The second kappa shape index (κ2) is 7.17. The molecule has 0 aliphatic heterocycles. The molecule has 1 heterocycles. The lowest BCUT2D eigenvalue weighted by Gasteiger charge is -2.14. The average molecular weight is 270 g/mol. The lowest BCUT2D eigenvalue weighted by atomic mass is 10.1. The Morgan fingerprint density at radius 3 is 2.83 bits per heavy atom. The van der Waals surface area contributed by atoms with Crippen LogP contribution >= 0.6 is 11.8 Å². The van der Waals surface area contributed by atoms with Crippen LogP contribution < -0.4 is 11.3 Å². The van der Waals surface area contributed by atoms with Gasteiger partial charge in [0, 0.05) is 5.56 Å². The van der Waals surface area contributed by atoms with Crippen molar-refractivity contribution in [1.82, 2.24) is 9.97 Å². The van der Waals surface area contributed by atoms with Crippen LogP contribution in [0.2, 0.25) is 0 Å². The number of nitrogen functional groups attached to an aromatic ring is 1. The summed E-state index contributed by atoms with van der Waals surface area (Å²) in [6, 6.07) is 0. The first-order chi connectivity index (χ1) is 8.60. The first-order valence-corrected chi connectivity index (χ1v) is 6.68. The van der Waals surface area contributed by atoms with Crippen LogP contribution in [0.1, 0.15) is 32.3 Å². The molecule has 0 saturated heterocycles. The van der Waals surface area contributed by atoms with E-state index in [9.17, 15) is 4.79 Å². The molecule has 6 nitrogen and oxygen atoms in total. The van der Waals surface area contributed by atoms with Crippen LogP contribution in [0.15, 0.2) is 11.4 Å². The van der Waals surface area contributed by atoms with Crippen molar-refractivity contribution >= 4 is 23.5 Å². The van der Waals surface area contributed by atoms with E-state index in [1.807, 2.05) is 13.8 Å². The van der Waals surface area contributed by atoms with Crippen molar-refractivity contribution in [3.05, 3.63) is 11.9 Å². The predicted molar refractivity (Wildman–Crippen MR) is 71.3 cm³/mol. The number of anilines is 1. The van der Waals surface area contributed by atoms with Crippen LogP contribution in [0.5, 0.6) is 0 Å². The van der Waals surface area contributed by atoms with Crippen LogP contribution in [0.25, 0.3) is 0 Å². The topological polar surface area (TPSA) is 90.1 Å². The van der Waals surface area contributed by atoms with E-state index in [1.165, 1.54) is 18.1 Å². The monoisotopic (exact) mass is 270 g/mol. The van der Waals surface area contributed by atoms with Gasteiger partial charge in [0.15, 0.2) is 0 Å². The lowest BCUT2D eigenvalue weighted by molar-refractivity contribution is -0.139. The molecule has 1 aromatic heterocycles. The molecular weight excluding hydrogens is 252 g/mol. The molecule has 0 unspecified atom stereocenters. The fourth-order valence-corrected chi connectivity index (χ4v) is 2.41. The summed E-state index contributed by atoms with van der Waals surface area (Å²) in [5, 5.41) is 0.751. The maximum Gasteiger partial charge on any atom is 0.316 e. The maximum absolute atomic E-state index is 11.3. The summed E-state index contributed by atoms with van der Waals surface area (Å²) in [4.78, 5) is 19.6. The van der Waals surface area contributed by atoms with Crippen molar-refractivity contribution in [2.24, 2.45) is 5.84 Å². The average Bonchev–Trinajstić information content (AvgIpc) is 2.35. The summed E-state index contributed by atoms with van der Waals surface area (Å²) in [6.45, 7) is 6.21.